The molecule has 0 spiro atoms. The molecule has 5 atom stereocenters. The zero-order chi connectivity index (χ0) is 27.8. The van der Waals surface area contributed by atoms with E-state index in [9.17, 15) is 14.4 Å². The molecular weight excluding hydrogens is 528 g/mol. The van der Waals surface area contributed by atoms with Crippen LogP contribution in [0.25, 0.3) is 0 Å². The molecule has 3 aliphatic heterocycles. The van der Waals surface area contributed by atoms with Crippen LogP contribution in [0.5, 0.6) is 0 Å². The van der Waals surface area contributed by atoms with Gasteiger partial charge in [-0.1, -0.05) is 24.4 Å². The molecule has 0 radical (unpaired) electrons. The summed E-state index contributed by atoms with van der Waals surface area (Å²) in [5.41, 5.74) is 2.13. The Bertz CT molecular complexity index is 1380. The van der Waals surface area contributed by atoms with Gasteiger partial charge in [0.2, 0.25) is 5.91 Å². The lowest BCUT2D eigenvalue weighted by Crippen LogP contribution is -2.62. The summed E-state index contributed by atoms with van der Waals surface area (Å²) < 4.78 is 0. The highest BCUT2D eigenvalue weighted by atomic mass is 32.2. The van der Waals surface area contributed by atoms with Gasteiger partial charge in [-0.2, -0.15) is 0 Å². The van der Waals surface area contributed by atoms with E-state index < -0.39 is 0 Å². The average molecular weight is 561 g/mol. The third-order valence-corrected chi connectivity index (χ3v) is 9.29. The van der Waals surface area contributed by atoms with Crippen LogP contribution in [0.4, 0.5) is 22.1 Å². The highest BCUT2D eigenvalue weighted by molar-refractivity contribution is 8.04. The quantitative estimate of drug-likeness (QED) is 0.326. The lowest BCUT2D eigenvalue weighted by Gasteiger charge is -2.46. The Labute approximate surface area is 236 Å². The van der Waals surface area contributed by atoms with E-state index in [0.29, 0.717) is 22.2 Å². The molecule has 208 valence electrons. The Morgan fingerprint density at radius 2 is 1.95 bits per heavy atom. The van der Waals surface area contributed by atoms with Crippen molar-refractivity contribution in [1.82, 2.24) is 31.2 Å². The number of hydrogen-bond donors (Lipinski definition) is 5. The average Bonchev–Trinajstić information content (AvgIpc) is 3.55. The van der Waals surface area contributed by atoms with E-state index in [0.717, 1.165) is 43.6 Å². The van der Waals surface area contributed by atoms with E-state index in [1.54, 1.807) is 11.1 Å². The van der Waals surface area contributed by atoms with Gasteiger partial charge in [-0.25, -0.2) is 14.8 Å². The van der Waals surface area contributed by atoms with Crippen LogP contribution in [0.1, 0.15) is 31.4 Å². The van der Waals surface area contributed by atoms with Crippen LogP contribution >= 0.6 is 11.8 Å². The maximum absolute atomic E-state index is 13.6. The summed E-state index contributed by atoms with van der Waals surface area (Å²) in [5, 5.41) is 15.8. The molecule has 6 rings (SSSR count). The Morgan fingerprint density at radius 1 is 1.12 bits per heavy atom. The largest absolute Gasteiger partial charge is 0.348 e. The van der Waals surface area contributed by atoms with Crippen molar-refractivity contribution in [1.29, 1.82) is 0 Å². The number of carbonyl (C=O) groups is 3. The molecule has 40 heavy (non-hydrogen) atoms. The Balaban J connectivity index is 1.22. The van der Waals surface area contributed by atoms with Crippen molar-refractivity contribution in [3.8, 4) is 0 Å². The maximum Gasteiger partial charge on any atom is 0.326 e. The molecule has 11 nitrogen and oxygen atoms in total. The molecule has 3 fully saturated rings. The zero-order valence-corrected chi connectivity index (χ0v) is 23.0. The van der Waals surface area contributed by atoms with Crippen LogP contribution < -0.4 is 31.5 Å². The number of hydrogen-bond acceptors (Lipinski definition) is 8. The SMILES string of the molecule is C=CC(=O)N[C@H]1CCC[C@H]1NC(=O)C1=C2NC(=O)N(c3ccc(Nc4ccccn4)nc3C)C3CCNC(S1)C23. The Kier molecular flexibility index (Phi) is 7.20. The number of anilines is 3. The van der Waals surface area contributed by atoms with Crippen molar-refractivity contribution in [2.75, 3.05) is 16.8 Å². The van der Waals surface area contributed by atoms with Gasteiger partial charge in [-0.3, -0.25) is 14.5 Å². The number of thioether (sulfide) groups is 1. The first-order valence-electron chi connectivity index (χ1n) is 13.6. The molecule has 0 bridgehead atoms. The third-order valence-electron chi connectivity index (χ3n) is 7.93. The number of amides is 4. The summed E-state index contributed by atoms with van der Waals surface area (Å²) in [6.07, 6.45) is 6.20. The minimum atomic E-state index is -0.267. The fourth-order valence-electron chi connectivity index (χ4n) is 6.13. The zero-order valence-electron chi connectivity index (χ0n) is 22.1. The minimum Gasteiger partial charge on any atom is -0.348 e. The number of nitrogens with zero attached hydrogens (tertiary/aromatic N) is 3. The number of piperidine rings is 1. The first kappa shape index (κ1) is 26.3. The van der Waals surface area contributed by atoms with Gasteiger partial charge in [0, 0.05) is 29.9 Å². The van der Waals surface area contributed by atoms with Gasteiger partial charge in [0.15, 0.2) is 0 Å². The number of carbonyl (C=O) groups excluding carboxylic acids is 3. The van der Waals surface area contributed by atoms with Gasteiger partial charge in [0.05, 0.1) is 27.7 Å². The topological polar surface area (TPSA) is 140 Å². The molecule has 0 aromatic carbocycles. The van der Waals surface area contributed by atoms with Gasteiger partial charge in [0.1, 0.15) is 11.6 Å². The van der Waals surface area contributed by atoms with Crippen molar-refractivity contribution in [3.05, 3.63) is 65.5 Å². The maximum atomic E-state index is 13.6. The van der Waals surface area contributed by atoms with Gasteiger partial charge in [-0.15, -0.1) is 0 Å². The summed E-state index contributed by atoms with van der Waals surface area (Å²) in [6, 6.07) is 8.68. The summed E-state index contributed by atoms with van der Waals surface area (Å²) in [6.45, 7) is 6.14. The highest BCUT2D eigenvalue weighted by Crippen LogP contribution is 2.48. The Hall–Kier alpha value is -3.90. The van der Waals surface area contributed by atoms with Crippen LogP contribution in [0, 0.1) is 12.8 Å². The lowest BCUT2D eigenvalue weighted by molar-refractivity contribution is -0.119. The normalized spacial score (nSPS) is 27.1. The highest BCUT2D eigenvalue weighted by Gasteiger charge is 2.52. The first-order chi connectivity index (χ1) is 19.4. The fourth-order valence-corrected chi connectivity index (χ4v) is 7.53. The van der Waals surface area contributed by atoms with Gasteiger partial charge in [-0.05, 0) is 69.5 Å². The molecule has 3 unspecified atom stereocenters. The lowest BCUT2D eigenvalue weighted by atomic mass is 9.86. The predicted octanol–water partition coefficient (Wildman–Crippen LogP) is 2.66. The molecule has 2 saturated heterocycles. The van der Waals surface area contributed by atoms with E-state index in [2.05, 4.69) is 38.1 Å². The van der Waals surface area contributed by atoms with Crippen LogP contribution in [0.3, 0.4) is 0 Å². The standard InChI is InChI=1S/C28H32N8O3S/c1-3-22(37)32-16-7-6-8-17(16)33-26(38)25-24-23-19(12-14-30-27(23)40-25)36(28(39)35-24)18-10-11-21(31-15(18)2)34-20-9-4-5-13-29-20/h3-5,9-11,13,16-17,19,23,27,30H,1,6-8,12,14H2,2H3,(H,32,37)(H,33,38)(H,35,39)(H,29,31,34)/t16-,17+,19?,23?,27?/m0/s1. The van der Waals surface area contributed by atoms with Crippen molar-refractivity contribution < 1.29 is 14.4 Å². The molecule has 5 N–H and O–H groups in total. The van der Waals surface area contributed by atoms with Crippen molar-refractivity contribution >= 4 is 46.9 Å². The van der Waals surface area contributed by atoms with Gasteiger partial charge >= 0.3 is 6.03 Å². The smallest absolute Gasteiger partial charge is 0.326 e. The molecule has 12 heteroatoms. The minimum absolute atomic E-state index is 0.0317. The van der Waals surface area contributed by atoms with E-state index in [4.69, 9.17) is 4.98 Å². The number of pyridine rings is 2. The number of urea groups is 1. The fraction of sp³-hybridized carbons (Fsp3) is 0.393. The second-order valence-corrected chi connectivity index (χ2v) is 11.5. The molecule has 2 aromatic rings. The molecule has 4 aliphatic rings. The third kappa shape index (κ3) is 4.92. The predicted molar refractivity (Wildman–Crippen MR) is 154 cm³/mol. The molecule has 1 saturated carbocycles. The Morgan fingerprint density at radius 3 is 2.70 bits per heavy atom. The first-order valence-corrected chi connectivity index (χ1v) is 14.4. The van der Waals surface area contributed by atoms with Crippen LogP contribution in [-0.4, -0.2) is 57.9 Å². The van der Waals surface area contributed by atoms with Gasteiger partial charge in [0.25, 0.3) is 5.91 Å². The molecule has 5 heterocycles. The molecule has 1 aliphatic carbocycles. The van der Waals surface area contributed by atoms with E-state index >= 15 is 0 Å². The molecule has 4 amide bonds. The van der Waals surface area contributed by atoms with Crippen LogP contribution in [0.2, 0.25) is 0 Å². The number of aromatic nitrogens is 2. The van der Waals surface area contributed by atoms with Crippen molar-refractivity contribution in [2.45, 2.75) is 56.1 Å². The van der Waals surface area contributed by atoms with E-state index in [1.165, 1.54) is 17.8 Å². The summed E-state index contributed by atoms with van der Waals surface area (Å²) in [5.74, 6) is 0.811. The second-order valence-electron chi connectivity index (χ2n) is 10.4. The van der Waals surface area contributed by atoms with E-state index in [1.807, 2.05) is 37.3 Å². The van der Waals surface area contributed by atoms with E-state index in [-0.39, 0.29) is 47.3 Å². The summed E-state index contributed by atoms with van der Waals surface area (Å²) >= 11 is 1.47. The monoisotopic (exact) mass is 560 g/mol. The van der Waals surface area contributed by atoms with Gasteiger partial charge < -0.3 is 26.6 Å². The van der Waals surface area contributed by atoms with Crippen molar-refractivity contribution in [3.63, 3.8) is 0 Å². The van der Waals surface area contributed by atoms with Crippen LogP contribution in [-0.2, 0) is 9.59 Å². The number of rotatable bonds is 7. The van der Waals surface area contributed by atoms with Crippen LogP contribution in [0.15, 0.2) is 59.8 Å². The van der Waals surface area contributed by atoms with Crippen molar-refractivity contribution in [2.24, 2.45) is 5.92 Å². The molecular formula is C28H32N8O3S. The number of nitrogens with one attached hydrogen (secondary N) is 5. The summed E-state index contributed by atoms with van der Waals surface area (Å²) in [7, 11) is 0. The summed E-state index contributed by atoms with van der Waals surface area (Å²) in [4.78, 5) is 50.3. The molecule has 2 aromatic heterocycles. The number of aryl methyl sites for hydroxylation is 1. The second kappa shape index (κ2) is 10.9.